The van der Waals surface area contributed by atoms with Gasteiger partial charge >= 0.3 is 0 Å². The second kappa shape index (κ2) is 6.64. The maximum Gasteiger partial charge on any atom is 0.234 e. The average molecular weight is 349 g/mol. The molecule has 6 heteroatoms. The highest BCUT2D eigenvalue weighted by molar-refractivity contribution is 7.16. The summed E-state index contributed by atoms with van der Waals surface area (Å²) < 4.78 is 1.86. The molecule has 2 aromatic carbocycles. The molecular weight excluding hydrogens is 330 g/mol. The van der Waals surface area contributed by atoms with Crippen LogP contribution in [0, 0.1) is 0 Å². The number of fused-ring (bicyclic) bond motifs is 1. The minimum atomic E-state index is 0.794. The van der Waals surface area contributed by atoms with Crippen molar-refractivity contribution < 1.29 is 0 Å². The normalized spacial score (nSPS) is 11.1. The second-order valence-corrected chi connectivity index (χ2v) is 7.18. The van der Waals surface area contributed by atoms with E-state index in [1.165, 1.54) is 5.56 Å². The number of rotatable bonds is 5. The largest absolute Gasteiger partial charge is 0.378 e. The summed E-state index contributed by atoms with van der Waals surface area (Å²) in [6.45, 7) is 0. The fourth-order valence-electron chi connectivity index (χ4n) is 2.74. The molecule has 0 aliphatic carbocycles. The highest BCUT2D eigenvalue weighted by Crippen LogP contribution is 2.24. The topological polar surface area (TPSA) is 46.3 Å². The van der Waals surface area contributed by atoms with E-state index in [1.54, 1.807) is 11.3 Å². The zero-order chi connectivity index (χ0) is 17.2. The Balaban J connectivity index is 1.58. The number of anilines is 1. The van der Waals surface area contributed by atoms with Gasteiger partial charge in [-0.15, -0.1) is 10.2 Å². The molecule has 0 spiro atoms. The van der Waals surface area contributed by atoms with Crippen LogP contribution in [0.25, 0.3) is 16.3 Å². The van der Waals surface area contributed by atoms with Gasteiger partial charge in [-0.1, -0.05) is 41.7 Å². The molecule has 4 rings (SSSR count). The Labute approximate surface area is 150 Å². The van der Waals surface area contributed by atoms with Crippen LogP contribution in [-0.4, -0.2) is 33.9 Å². The summed E-state index contributed by atoms with van der Waals surface area (Å²) in [6.07, 6.45) is 1.90. The zero-order valence-electron chi connectivity index (χ0n) is 14.3. The van der Waals surface area contributed by atoms with E-state index in [0.29, 0.717) is 0 Å². The van der Waals surface area contributed by atoms with E-state index in [9.17, 15) is 0 Å². The Morgan fingerprint density at radius 2 is 1.68 bits per heavy atom. The lowest BCUT2D eigenvalue weighted by atomic mass is 10.1. The van der Waals surface area contributed by atoms with Crippen molar-refractivity contribution in [1.29, 1.82) is 0 Å². The van der Waals surface area contributed by atoms with Crippen LogP contribution >= 0.6 is 11.3 Å². The number of benzene rings is 2. The summed E-state index contributed by atoms with van der Waals surface area (Å²) in [5.41, 5.74) is 3.51. The molecule has 0 N–H and O–H groups in total. The molecule has 0 atom stereocenters. The van der Waals surface area contributed by atoms with Gasteiger partial charge in [0.2, 0.25) is 4.96 Å². The van der Waals surface area contributed by atoms with Crippen LogP contribution in [-0.2, 0) is 12.8 Å². The average Bonchev–Trinajstić information content (AvgIpc) is 3.21. The molecule has 2 aromatic heterocycles. The van der Waals surface area contributed by atoms with Gasteiger partial charge in [0.1, 0.15) is 5.01 Å². The third-order valence-electron chi connectivity index (χ3n) is 4.14. The van der Waals surface area contributed by atoms with E-state index in [2.05, 4.69) is 63.6 Å². The molecule has 0 saturated carbocycles. The predicted molar refractivity (Wildman–Crippen MR) is 102 cm³/mol. The summed E-state index contributed by atoms with van der Waals surface area (Å²) in [5, 5.41) is 14.4. The molecule has 126 valence electrons. The van der Waals surface area contributed by atoms with Crippen LogP contribution in [0.1, 0.15) is 10.6 Å². The van der Waals surface area contributed by atoms with Crippen molar-refractivity contribution in [2.45, 2.75) is 12.8 Å². The Morgan fingerprint density at radius 3 is 2.40 bits per heavy atom. The van der Waals surface area contributed by atoms with E-state index in [4.69, 9.17) is 5.10 Å². The first kappa shape index (κ1) is 15.8. The number of nitrogens with zero attached hydrogens (tertiary/aromatic N) is 5. The van der Waals surface area contributed by atoms with Gasteiger partial charge in [0.25, 0.3) is 0 Å². The number of aromatic nitrogens is 4. The molecule has 0 radical (unpaired) electrons. The minimum absolute atomic E-state index is 0.794. The Bertz CT molecular complexity index is 970. The number of hydrogen-bond acceptors (Lipinski definition) is 5. The van der Waals surface area contributed by atoms with Crippen molar-refractivity contribution in [3.63, 3.8) is 0 Å². The molecule has 25 heavy (non-hydrogen) atoms. The Morgan fingerprint density at radius 1 is 0.920 bits per heavy atom. The summed E-state index contributed by atoms with van der Waals surface area (Å²) >= 11 is 1.61. The highest BCUT2D eigenvalue weighted by Gasteiger charge is 2.13. The molecular formula is C19H19N5S. The lowest BCUT2D eigenvalue weighted by Crippen LogP contribution is -2.08. The SMILES string of the molecule is CN(C)c1ccc(-c2nnc3sc(CCc4ccccc4)nn23)cc1. The quantitative estimate of drug-likeness (QED) is 0.551. The summed E-state index contributed by atoms with van der Waals surface area (Å²) in [4.78, 5) is 2.92. The smallest absolute Gasteiger partial charge is 0.234 e. The maximum atomic E-state index is 4.72. The van der Waals surface area contributed by atoms with E-state index >= 15 is 0 Å². The van der Waals surface area contributed by atoms with Crippen LogP contribution in [0.2, 0.25) is 0 Å². The Hall–Kier alpha value is -2.73. The standard InChI is InChI=1S/C19H19N5S/c1-23(2)16-11-9-15(10-12-16)18-20-21-19-24(18)22-17(25-19)13-8-14-6-4-3-5-7-14/h3-7,9-12H,8,13H2,1-2H3. The lowest BCUT2D eigenvalue weighted by Gasteiger charge is -2.11. The molecule has 2 heterocycles. The van der Waals surface area contributed by atoms with Gasteiger partial charge in [-0.05, 0) is 36.2 Å². The molecule has 4 aromatic rings. The van der Waals surface area contributed by atoms with Crippen molar-refractivity contribution >= 4 is 22.0 Å². The first-order valence-electron chi connectivity index (χ1n) is 8.23. The molecule has 0 fully saturated rings. The summed E-state index contributed by atoms with van der Waals surface area (Å²) in [6, 6.07) is 18.8. The van der Waals surface area contributed by atoms with Crippen molar-refractivity contribution in [3.05, 3.63) is 65.2 Å². The van der Waals surface area contributed by atoms with E-state index in [-0.39, 0.29) is 0 Å². The van der Waals surface area contributed by atoms with E-state index < -0.39 is 0 Å². The first-order valence-corrected chi connectivity index (χ1v) is 9.05. The third kappa shape index (κ3) is 3.25. The molecule has 5 nitrogen and oxygen atoms in total. The fraction of sp³-hybridized carbons (Fsp3) is 0.211. The van der Waals surface area contributed by atoms with Crippen molar-refractivity contribution in [2.75, 3.05) is 19.0 Å². The first-order chi connectivity index (χ1) is 12.2. The predicted octanol–water partition coefficient (Wildman–Crippen LogP) is 3.70. The monoisotopic (exact) mass is 349 g/mol. The minimum Gasteiger partial charge on any atom is -0.378 e. The van der Waals surface area contributed by atoms with Gasteiger partial charge < -0.3 is 4.90 Å². The zero-order valence-corrected chi connectivity index (χ0v) is 15.1. The van der Waals surface area contributed by atoms with Crippen LogP contribution in [0.5, 0.6) is 0 Å². The third-order valence-corrected chi connectivity index (χ3v) is 5.10. The van der Waals surface area contributed by atoms with Crippen LogP contribution in [0.4, 0.5) is 5.69 Å². The van der Waals surface area contributed by atoms with Crippen LogP contribution < -0.4 is 4.90 Å². The number of hydrogen-bond donors (Lipinski definition) is 0. The van der Waals surface area contributed by atoms with Crippen molar-refractivity contribution in [1.82, 2.24) is 19.8 Å². The van der Waals surface area contributed by atoms with Gasteiger partial charge in [0.05, 0.1) is 0 Å². The molecule has 0 amide bonds. The van der Waals surface area contributed by atoms with Crippen LogP contribution in [0.3, 0.4) is 0 Å². The maximum absolute atomic E-state index is 4.72. The molecule has 0 aliphatic heterocycles. The van der Waals surface area contributed by atoms with Gasteiger partial charge in [0, 0.05) is 31.8 Å². The van der Waals surface area contributed by atoms with Crippen molar-refractivity contribution in [3.8, 4) is 11.4 Å². The van der Waals surface area contributed by atoms with Crippen molar-refractivity contribution in [2.24, 2.45) is 0 Å². The molecule has 0 unspecified atom stereocenters. The van der Waals surface area contributed by atoms with Gasteiger partial charge in [-0.3, -0.25) is 0 Å². The second-order valence-electron chi connectivity index (χ2n) is 6.14. The van der Waals surface area contributed by atoms with Gasteiger partial charge in [-0.2, -0.15) is 9.61 Å². The van der Waals surface area contributed by atoms with Gasteiger partial charge in [0.15, 0.2) is 5.82 Å². The molecule has 0 aliphatic rings. The van der Waals surface area contributed by atoms with Crippen LogP contribution in [0.15, 0.2) is 54.6 Å². The Kier molecular flexibility index (Phi) is 4.19. The fourth-order valence-corrected chi connectivity index (χ4v) is 3.57. The molecule has 0 bridgehead atoms. The van der Waals surface area contributed by atoms with E-state index in [0.717, 1.165) is 39.9 Å². The highest BCUT2D eigenvalue weighted by atomic mass is 32.1. The summed E-state index contributed by atoms with van der Waals surface area (Å²) in [5.74, 6) is 0.794. The molecule has 0 saturated heterocycles. The van der Waals surface area contributed by atoms with E-state index in [1.807, 2.05) is 24.7 Å². The number of aryl methyl sites for hydroxylation is 2. The summed E-state index contributed by atoms with van der Waals surface area (Å²) in [7, 11) is 4.06. The van der Waals surface area contributed by atoms with Gasteiger partial charge in [-0.25, -0.2) is 0 Å². The lowest BCUT2D eigenvalue weighted by molar-refractivity contribution is 0.865.